The molecule has 0 spiro atoms. The fraction of sp³-hybridized carbons (Fsp3) is 0.105. The molecular weight excluding hydrogens is 338 g/mol. The normalized spacial score (nSPS) is 11.6. The lowest BCUT2D eigenvalue weighted by Crippen LogP contribution is -2.27. The van der Waals surface area contributed by atoms with Crippen molar-refractivity contribution < 1.29 is 9.53 Å². The van der Waals surface area contributed by atoms with Crippen molar-refractivity contribution in [2.24, 2.45) is 0 Å². The molecule has 0 bridgehead atoms. The van der Waals surface area contributed by atoms with Crippen molar-refractivity contribution in [3.05, 3.63) is 83.3 Å². The van der Waals surface area contributed by atoms with Gasteiger partial charge in [-0.3, -0.25) is 4.79 Å². The van der Waals surface area contributed by atoms with Crippen LogP contribution in [0.5, 0.6) is 11.6 Å². The van der Waals surface area contributed by atoms with Crippen LogP contribution >= 0.6 is 11.6 Å². The quantitative estimate of drug-likeness (QED) is 0.690. The minimum Gasteiger partial charge on any atom is -0.439 e. The summed E-state index contributed by atoms with van der Waals surface area (Å²) in [5.41, 5.74) is 1.30. The highest BCUT2D eigenvalue weighted by Gasteiger charge is 2.13. The lowest BCUT2D eigenvalue weighted by Gasteiger charge is -2.14. The molecule has 2 aromatic heterocycles. The topological polar surface area (TPSA) is 64.1 Å². The van der Waals surface area contributed by atoms with E-state index in [4.69, 9.17) is 16.3 Å². The second-order valence-corrected chi connectivity index (χ2v) is 5.77. The Bertz CT molecular complexity index is 871. The Labute approximate surface area is 150 Å². The van der Waals surface area contributed by atoms with Gasteiger partial charge in [-0.15, -0.1) is 0 Å². The van der Waals surface area contributed by atoms with Gasteiger partial charge in [0.2, 0.25) is 5.88 Å². The molecule has 0 aliphatic rings. The molecule has 0 saturated heterocycles. The van der Waals surface area contributed by atoms with Gasteiger partial charge in [-0.25, -0.2) is 9.97 Å². The summed E-state index contributed by atoms with van der Waals surface area (Å²) in [5, 5.41) is 3.25. The molecule has 6 heteroatoms. The number of pyridine rings is 2. The molecular formula is C19H16ClN3O2. The molecule has 2 heterocycles. The smallest absolute Gasteiger partial charge is 0.270 e. The highest BCUT2D eigenvalue weighted by atomic mass is 35.5. The number of benzene rings is 1. The van der Waals surface area contributed by atoms with Gasteiger partial charge < -0.3 is 10.1 Å². The third-order valence-corrected chi connectivity index (χ3v) is 3.73. The highest BCUT2D eigenvalue weighted by molar-refractivity contribution is 6.29. The van der Waals surface area contributed by atoms with Crippen LogP contribution in [0.2, 0.25) is 5.15 Å². The van der Waals surface area contributed by atoms with Crippen molar-refractivity contribution in [1.29, 1.82) is 0 Å². The van der Waals surface area contributed by atoms with E-state index in [-0.39, 0.29) is 17.6 Å². The van der Waals surface area contributed by atoms with E-state index in [1.807, 2.05) is 37.3 Å². The van der Waals surface area contributed by atoms with Crippen molar-refractivity contribution in [3.63, 3.8) is 0 Å². The molecule has 1 atom stereocenters. The van der Waals surface area contributed by atoms with E-state index in [1.54, 1.807) is 30.3 Å². The second kappa shape index (κ2) is 7.77. The van der Waals surface area contributed by atoms with Gasteiger partial charge in [-0.2, -0.15) is 0 Å². The molecule has 1 unspecified atom stereocenters. The predicted octanol–water partition coefficient (Wildman–Crippen LogP) is 4.41. The predicted molar refractivity (Wildman–Crippen MR) is 95.9 cm³/mol. The van der Waals surface area contributed by atoms with E-state index in [9.17, 15) is 4.79 Å². The molecule has 126 valence electrons. The van der Waals surface area contributed by atoms with Crippen LogP contribution in [0.4, 0.5) is 0 Å². The van der Waals surface area contributed by atoms with Crippen LogP contribution in [0, 0.1) is 0 Å². The zero-order valence-electron chi connectivity index (χ0n) is 13.5. The van der Waals surface area contributed by atoms with Gasteiger partial charge in [0.05, 0.1) is 6.04 Å². The SMILES string of the molecule is CC(NC(=O)c1cccc(Oc2ccnc(Cl)c2)n1)c1ccccc1. The lowest BCUT2D eigenvalue weighted by atomic mass is 10.1. The zero-order chi connectivity index (χ0) is 17.6. The molecule has 5 nitrogen and oxygen atoms in total. The second-order valence-electron chi connectivity index (χ2n) is 5.38. The Morgan fingerprint density at radius 1 is 1.12 bits per heavy atom. The molecule has 1 aromatic carbocycles. The number of ether oxygens (including phenoxy) is 1. The van der Waals surface area contributed by atoms with Gasteiger partial charge >= 0.3 is 0 Å². The summed E-state index contributed by atoms with van der Waals surface area (Å²) >= 11 is 5.83. The Morgan fingerprint density at radius 2 is 1.92 bits per heavy atom. The summed E-state index contributed by atoms with van der Waals surface area (Å²) in [6, 6.07) is 17.9. The van der Waals surface area contributed by atoms with E-state index in [1.165, 1.54) is 6.20 Å². The fourth-order valence-corrected chi connectivity index (χ4v) is 2.43. The van der Waals surface area contributed by atoms with Gasteiger partial charge in [0.1, 0.15) is 16.6 Å². The van der Waals surface area contributed by atoms with Crippen molar-refractivity contribution in [2.45, 2.75) is 13.0 Å². The van der Waals surface area contributed by atoms with E-state index < -0.39 is 0 Å². The Balaban J connectivity index is 1.71. The third-order valence-electron chi connectivity index (χ3n) is 3.52. The first-order valence-corrected chi connectivity index (χ1v) is 8.12. The summed E-state index contributed by atoms with van der Waals surface area (Å²) in [6.45, 7) is 1.92. The monoisotopic (exact) mass is 353 g/mol. The Hall–Kier alpha value is -2.92. The van der Waals surface area contributed by atoms with Crippen LogP contribution < -0.4 is 10.1 Å². The first kappa shape index (κ1) is 16.9. The maximum atomic E-state index is 12.4. The van der Waals surface area contributed by atoms with E-state index >= 15 is 0 Å². The number of hydrogen-bond donors (Lipinski definition) is 1. The minimum absolute atomic E-state index is 0.126. The third kappa shape index (κ3) is 4.55. The molecule has 1 N–H and O–H groups in total. The maximum absolute atomic E-state index is 12.4. The summed E-state index contributed by atoms with van der Waals surface area (Å²) in [5.74, 6) is 0.541. The molecule has 25 heavy (non-hydrogen) atoms. The molecule has 1 amide bonds. The molecule has 0 fully saturated rings. The number of rotatable bonds is 5. The summed E-state index contributed by atoms with van der Waals surface area (Å²) in [4.78, 5) is 20.6. The first-order chi connectivity index (χ1) is 12.1. The van der Waals surface area contributed by atoms with Gasteiger partial charge in [0, 0.05) is 18.3 Å². The Morgan fingerprint density at radius 3 is 2.68 bits per heavy atom. The van der Waals surface area contributed by atoms with Crippen molar-refractivity contribution >= 4 is 17.5 Å². The van der Waals surface area contributed by atoms with Crippen molar-refractivity contribution in [3.8, 4) is 11.6 Å². The minimum atomic E-state index is -0.269. The number of aromatic nitrogens is 2. The van der Waals surface area contributed by atoms with Crippen LogP contribution in [-0.2, 0) is 0 Å². The maximum Gasteiger partial charge on any atom is 0.270 e. The van der Waals surface area contributed by atoms with Crippen LogP contribution in [-0.4, -0.2) is 15.9 Å². The number of nitrogens with one attached hydrogen (secondary N) is 1. The van der Waals surface area contributed by atoms with E-state index in [0.717, 1.165) is 5.56 Å². The van der Waals surface area contributed by atoms with Crippen LogP contribution in [0.15, 0.2) is 66.9 Å². The zero-order valence-corrected chi connectivity index (χ0v) is 14.3. The Kier molecular flexibility index (Phi) is 5.26. The average Bonchev–Trinajstić information content (AvgIpc) is 2.62. The molecule has 0 saturated carbocycles. The largest absolute Gasteiger partial charge is 0.439 e. The molecule has 3 aromatic rings. The highest BCUT2D eigenvalue weighted by Crippen LogP contribution is 2.21. The van der Waals surface area contributed by atoms with E-state index in [2.05, 4.69) is 15.3 Å². The van der Waals surface area contributed by atoms with Gasteiger partial charge in [0.25, 0.3) is 5.91 Å². The van der Waals surface area contributed by atoms with Crippen molar-refractivity contribution in [2.75, 3.05) is 0 Å². The molecule has 0 radical (unpaired) electrons. The number of hydrogen-bond acceptors (Lipinski definition) is 4. The fourth-order valence-electron chi connectivity index (χ4n) is 2.26. The lowest BCUT2D eigenvalue weighted by molar-refractivity contribution is 0.0934. The standard InChI is InChI=1S/C19H16ClN3O2/c1-13(14-6-3-2-4-7-14)22-19(24)16-8-5-9-18(23-16)25-15-10-11-21-17(20)12-15/h2-13H,1H3,(H,22,24). The average molecular weight is 354 g/mol. The molecule has 3 rings (SSSR count). The number of nitrogens with zero attached hydrogens (tertiary/aromatic N) is 2. The first-order valence-electron chi connectivity index (χ1n) is 7.74. The van der Waals surface area contributed by atoms with Crippen molar-refractivity contribution in [1.82, 2.24) is 15.3 Å². The number of carbonyl (C=O) groups is 1. The number of amides is 1. The van der Waals surface area contributed by atoms with Gasteiger partial charge in [-0.1, -0.05) is 48.0 Å². The number of carbonyl (C=O) groups excluding carboxylic acids is 1. The van der Waals surface area contributed by atoms with Gasteiger partial charge in [0.15, 0.2) is 0 Å². The van der Waals surface area contributed by atoms with Crippen LogP contribution in [0.1, 0.15) is 29.0 Å². The van der Waals surface area contributed by atoms with Gasteiger partial charge in [-0.05, 0) is 24.6 Å². The molecule has 0 aliphatic heterocycles. The summed E-state index contributed by atoms with van der Waals surface area (Å²) in [7, 11) is 0. The van der Waals surface area contributed by atoms with E-state index in [0.29, 0.717) is 16.8 Å². The summed E-state index contributed by atoms with van der Waals surface area (Å²) < 4.78 is 5.62. The summed E-state index contributed by atoms with van der Waals surface area (Å²) in [6.07, 6.45) is 1.54. The van der Waals surface area contributed by atoms with Crippen LogP contribution in [0.3, 0.4) is 0 Å². The van der Waals surface area contributed by atoms with Crippen LogP contribution in [0.25, 0.3) is 0 Å². The number of halogens is 1. The molecule has 0 aliphatic carbocycles.